The number of likely N-dealkylation sites (N-methyl/N-ethyl adjacent to an activating group) is 1. The van der Waals surface area contributed by atoms with Gasteiger partial charge in [-0.15, -0.1) is 0 Å². The van der Waals surface area contributed by atoms with Gasteiger partial charge in [0.25, 0.3) is 0 Å². The van der Waals surface area contributed by atoms with E-state index in [1.165, 1.54) is 6.07 Å². The molecule has 0 bridgehead atoms. The Kier molecular flexibility index (Phi) is 5.46. The summed E-state index contributed by atoms with van der Waals surface area (Å²) in [5, 5.41) is 2.99. The van der Waals surface area contributed by atoms with Crippen LogP contribution in [0.15, 0.2) is 42.5 Å². The number of carbonyl (C=O) groups is 1. The van der Waals surface area contributed by atoms with Crippen LogP contribution >= 0.6 is 0 Å². The number of primary amides is 1. The summed E-state index contributed by atoms with van der Waals surface area (Å²) in [6, 6.07) is 10.5. The number of hydrogen-bond donors (Lipinski definition) is 2. The minimum Gasteiger partial charge on any atom is -0.369 e. The summed E-state index contributed by atoms with van der Waals surface area (Å²) in [7, 11) is 2.06. The van der Waals surface area contributed by atoms with Gasteiger partial charge in [-0.25, -0.2) is 0 Å². The molecule has 160 valence electrons. The summed E-state index contributed by atoms with van der Waals surface area (Å²) < 4.78 is 42.4. The summed E-state index contributed by atoms with van der Waals surface area (Å²) in [6.07, 6.45) is -4.42. The number of fused-ring (bicyclic) bond motifs is 1. The maximum absolute atomic E-state index is 14.1. The summed E-state index contributed by atoms with van der Waals surface area (Å²) in [5.41, 5.74) is 8.01. The predicted octanol–water partition coefficient (Wildman–Crippen LogP) is 3.03. The van der Waals surface area contributed by atoms with Gasteiger partial charge in [0.2, 0.25) is 5.91 Å². The fourth-order valence-corrected chi connectivity index (χ4v) is 4.37. The molecule has 0 saturated carbocycles. The lowest BCUT2D eigenvalue weighted by Gasteiger charge is -2.34. The first-order valence-electron chi connectivity index (χ1n) is 10.0. The van der Waals surface area contributed by atoms with E-state index >= 15 is 0 Å². The second-order valence-corrected chi connectivity index (χ2v) is 8.04. The average molecular weight is 418 g/mol. The Hall–Kier alpha value is -2.58. The van der Waals surface area contributed by atoms with Crippen LogP contribution in [-0.2, 0) is 6.54 Å². The molecule has 1 saturated heterocycles. The lowest BCUT2D eigenvalue weighted by atomic mass is 9.86. The zero-order valence-electron chi connectivity index (χ0n) is 16.7. The molecule has 1 amide bonds. The quantitative estimate of drug-likeness (QED) is 0.801. The highest BCUT2D eigenvalue weighted by Crippen LogP contribution is 2.46. The second-order valence-electron chi connectivity index (χ2n) is 8.04. The fourth-order valence-electron chi connectivity index (χ4n) is 4.37. The van der Waals surface area contributed by atoms with Crippen molar-refractivity contribution >= 4 is 11.6 Å². The minimum absolute atomic E-state index is 0.227. The van der Waals surface area contributed by atoms with Crippen molar-refractivity contribution in [3.05, 3.63) is 64.7 Å². The Balaban J connectivity index is 1.61. The standard InChI is InChI=1S/C22H25F3N4O/c1-28-8-10-29(11-9-28)17-5-2-14(3-6-17)19(22(23,24)25)20-18-7-4-15(21(26)30)12-16(18)13-27-20/h2-7,12,19-20,27H,8-11,13H2,1H3,(H2,26,30)/t19-,20?/m1/s1. The van der Waals surface area contributed by atoms with Crippen LogP contribution in [0.1, 0.15) is 39.0 Å². The zero-order valence-corrected chi connectivity index (χ0v) is 16.7. The van der Waals surface area contributed by atoms with E-state index in [4.69, 9.17) is 5.73 Å². The summed E-state index contributed by atoms with van der Waals surface area (Å²) in [4.78, 5) is 15.8. The molecule has 2 aromatic carbocycles. The van der Waals surface area contributed by atoms with Gasteiger partial charge < -0.3 is 20.9 Å². The van der Waals surface area contributed by atoms with Crippen molar-refractivity contribution < 1.29 is 18.0 Å². The van der Waals surface area contributed by atoms with Crippen LogP contribution < -0.4 is 16.0 Å². The van der Waals surface area contributed by atoms with E-state index in [1.54, 1.807) is 36.4 Å². The molecule has 2 aliphatic heterocycles. The minimum atomic E-state index is -4.42. The number of carbonyl (C=O) groups excluding carboxylic acids is 1. The molecule has 2 atom stereocenters. The smallest absolute Gasteiger partial charge is 0.369 e. The number of amides is 1. The van der Waals surface area contributed by atoms with Gasteiger partial charge in [0.1, 0.15) is 0 Å². The lowest BCUT2D eigenvalue weighted by molar-refractivity contribution is -0.157. The van der Waals surface area contributed by atoms with Crippen molar-refractivity contribution in [2.24, 2.45) is 5.73 Å². The summed E-state index contributed by atoms with van der Waals surface area (Å²) >= 11 is 0. The second kappa shape index (κ2) is 7.92. The monoisotopic (exact) mass is 418 g/mol. The van der Waals surface area contributed by atoms with Gasteiger partial charge in [0.15, 0.2) is 0 Å². The van der Waals surface area contributed by atoms with E-state index in [1.807, 2.05) is 0 Å². The molecular weight excluding hydrogens is 393 g/mol. The van der Waals surface area contributed by atoms with Crippen molar-refractivity contribution in [3.63, 3.8) is 0 Å². The lowest BCUT2D eigenvalue weighted by Crippen LogP contribution is -2.44. The van der Waals surface area contributed by atoms with Gasteiger partial charge >= 0.3 is 6.18 Å². The molecule has 2 aliphatic rings. The van der Waals surface area contributed by atoms with Crippen molar-refractivity contribution in [3.8, 4) is 0 Å². The molecule has 8 heteroatoms. The Morgan fingerprint density at radius 2 is 1.77 bits per heavy atom. The predicted molar refractivity (Wildman–Crippen MR) is 109 cm³/mol. The molecule has 0 aliphatic carbocycles. The van der Waals surface area contributed by atoms with Crippen LogP contribution in [0.4, 0.5) is 18.9 Å². The summed E-state index contributed by atoms with van der Waals surface area (Å²) in [5.74, 6) is -2.27. The van der Waals surface area contributed by atoms with Crippen LogP contribution in [0.25, 0.3) is 0 Å². The van der Waals surface area contributed by atoms with E-state index in [9.17, 15) is 18.0 Å². The number of benzene rings is 2. The molecular formula is C22H25F3N4O. The zero-order chi connectivity index (χ0) is 21.5. The summed E-state index contributed by atoms with van der Waals surface area (Å²) in [6.45, 7) is 3.86. The molecule has 3 N–H and O–H groups in total. The third-order valence-corrected chi connectivity index (χ3v) is 6.08. The Morgan fingerprint density at radius 1 is 1.10 bits per heavy atom. The van der Waals surface area contributed by atoms with E-state index in [0.29, 0.717) is 16.7 Å². The average Bonchev–Trinajstić information content (AvgIpc) is 3.11. The van der Waals surface area contributed by atoms with E-state index < -0.39 is 24.0 Å². The number of nitrogens with one attached hydrogen (secondary N) is 1. The van der Waals surface area contributed by atoms with Crippen LogP contribution in [0.3, 0.4) is 0 Å². The van der Waals surface area contributed by atoms with E-state index in [-0.39, 0.29) is 12.1 Å². The molecule has 2 heterocycles. The number of piperazine rings is 1. The largest absolute Gasteiger partial charge is 0.397 e. The van der Waals surface area contributed by atoms with Crippen LogP contribution in [0.2, 0.25) is 0 Å². The van der Waals surface area contributed by atoms with Gasteiger partial charge in [0.05, 0.1) is 5.92 Å². The number of nitrogens with zero attached hydrogens (tertiary/aromatic N) is 2. The van der Waals surface area contributed by atoms with Gasteiger partial charge in [-0.1, -0.05) is 18.2 Å². The number of rotatable bonds is 4. The molecule has 0 radical (unpaired) electrons. The number of nitrogens with two attached hydrogens (primary N) is 1. The third kappa shape index (κ3) is 4.02. The van der Waals surface area contributed by atoms with Crippen molar-refractivity contribution in [2.45, 2.75) is 24.7 Å². The number of halogens is 3. The fraction of sp³-hybridized carbons (Fsp3) is 0.409. The molecule has 4 rings (SSSR count). The van der Waals surface area contributed by atoms with Crippen molar-refractivity contribution in [2.75, 3.05) is 38.1 Å². The number of anilines is 1. The van der Waals surface area contributed by atoms with Gasteiger partial charge in [-0.05, 0) is 48.0 Å². The topological polar surface area (TPSA) is 61.6 Å². The molecule has 30 heavy (non-hydrogen) atoms. The van der Waals surface area contributed by atoms with Gasteiger partial charge in [-0.3, -0.25) is 4.79 Å². The van der Waals surface area contributed by atoms with E-state index in [2.05, 4.69) is 22.2 Å². The Labute approximate surface area is 173 Å². The highest BCUT2D eigenvalue weighted by atomic mass is 19.4. The van der Waals surface area contributed by atoms with Crippen LogP contribution in [0, 0.1) is 0 Å². The van der Waals surface area contributed by atoms with Crippen molar-refractivity contribution in [1.29, 1.82) is 0 Å². The first kappa shape index (κ1) is 20.7. The van der Waals surface area contributed by atoms with Crippen LogP contribution in [-0.4, -0.2) is 50.2 Å². The Bertz CT molecular complexity index is 921. The molecule has 1 fully saturated rings. The number of hydrogen-bond acceptors (Lipinski definition) is 4. The third-order valence-electron chi connectivity index (χ3n) is 6.08. The molecule has 0 aromatic heterocycles. The van der Waals surface area contributed by atoms with E-state index in [0.717, 1.165) is 31.9 Å². The Morgan fingerprint density at radius 3 is 2.37 bits per heavy atom. The SMILES string of the molecule is CN1CCN(c2ccc([C@H](C3NCc4cc(C(N)=O)ccc43)C(F)(F)F)cc2)CC1. The molecule has 2 aromatic rings. The highest BCUT2D eigenvalue weighted by molar-refractivity contribution is 5.93. The maximum Gasteiger partial charge on any atom is 0.397 e. The normalized spacial score (nSPS) is 20.8. The van der Waals surface area contributed by atoms with Gasteiger partial charge in [-0.2, -0.15) is 13.2 Å². The first-order chi connectivity index (χ1) is 14.2. The molecule has 5 nitrogen and oxygen atoms in total. The first-order valence-corrected chi connectivity index (χ1v) is 10.0. The van der Waals surface area contributed by atoms with Crippen LogP contribution in [0.5, 0.6) is 0 Å². The molecule has 0 spiro atoms. The maximum atomic E-state index is 14.1. The highest BCUT2D eigenvalue weighted by Gasteiger charge is 2.48. The van der Waals surface area contributed by atoms with Crippen molar-refractivity contribution in [1.82, 2.24) is 10.2 Å². The molecule has 1 unspecified atom stereocenters. The number of alkyl halides is 3. The van der Waals surface area contributed by atoms with Gasteiger partial charge in [0, 0.05) is 50.0 Å².